The van der Waals surface area contributed by atoms with Gasteiger partial charge in [-0.15, -0.1) is 0 Å². The van der Waals surface area contributed by atoms with E-state index in [4.69, 9.17) is 0 Å². The second kappa shape index (κ2) is 6.66. The van der Waals surface area contributed by atoms with Crippen molar-refractivity contribution in [3.05, 3.63) is 77.7 Å². The summed E-state index contributed by atoms with van der Waals surface area (Å²) in [6, 6.07) is 16.5. The van der Waals surface area contributed by atoms with Crippen molar-refractivity contribution < 1.29 is 0 Å². The van der Waals surface area contributed by atoms with Crippen molar-refractivity contribution in [1.29, 1.82) is 0 Å². The highest BCUT2D eigenvalue weighted by Crippen LogP contribution is 2.23. The third-order valence-corrected chi connectivity index (χ3v) is 4.25. The van der Waals surface area contributed by atoms with E-state index in [-0.39, 0.29) is 0 Å². The van der Waals surface area contributed by atoms with Crippen LogP contribution in [0.25, 0.3) is 0 Å². The molecule has 1 aromatic carbocycles. The monoisotopic (exact) mass is 317 g/mol. The zero-order valence-electron chi connectivity index (χ0n) is 13.4. The number of hydrogen-bond donors (Lipinski definition) is 1. The van der Waals surface area contributed by atoms with Crippen LogP contribution in [-0.2, 0) is 19.5 Å². The lowest BCUT2D eigenvalue weighted by atomic mass is 10.00. The Morgan fingerprint density at radius 3 is 2.67 bits per heavy atom. The number of anilines is 2. The summed E-state index contributed by atoms with van der Waals surface area (Å²) in [5.41, 5.74) is 3.79. The lowest BCUT2D eigenvalue weighted by Gasteiger charge is -2.29. The Balaban J connectivity index is 1.47. The molecule has 1 N–H and O–H groups in total. The van der Waals surface area contributed by atoms with Gasteiger partial charge in [0.1, 0.15) is 5.82 Å². The predicted molar refractivity (Wildman–Crippen MR) is 94.8 cm³/mol. The molecule has 1 aliphatic rings. The van der Waals surface area contributed by atoms with Gasteiger partial charge in [0.2, 0.25) is 5.95 Å². The van der Waals surface area contributed by atoms with E-state index in [0.29, 0.717) is 12.5 Å². The maximum atomic E-state index is 4.66. The number of aromatic nitrogens is 3. The highest BCUT2D eigenvalue weighted by Gasteiger charge is 2.17. The quantitative estimate of drug-likeness (QED) is 0.801. The Labute approximate surface area is 141 Å². The highest BCUT2D eigenvalue weighted by atomic mass is 15.2. The van der Waals surface area contributed by atoms with Crippen LogP contribution in [0.15, 0.2) is 60.9 Å². The van der Waals surface area contributed by atoms with Crippen molar-refractivity contribution in [3.8, 4) is 0 Å². The first-order chi connectivity index (χ1) is 11.9. The Hall–Kier alpha value is -2.95. The van der Waals surface area contributed by atoms with Gasteiger partial charge >= 0.3 is 0 Å². The average Bonchev–Trinajstić information content (AvgIpc) is 2.67. The molecule has 5 nitrogen and oxygen atoms in total. The number of hydrogen-bond acceptors (Lipinski definition) is 5. The molecule has 0 amide bonds. The topological polar surface area (TPSA) is 53.9 Å². The molecule has 0 saturated heterocycles. The largest absolute Gasteiger partial charge is 0.352 e. The number of rotatable bonds is 4. The number of benzene rings is 1. The maximum Gasteiger partial charge on any atom is 0.224 e. The molecule has 120 valence electrons. The van der Waals surface area contributed by atoms with Crippen LogP contribution in [0, 0.1) is 0 Å². The van der Waals surface area contributed by atoms with Gasteiger partial charge in [-0.2, -0.15) is 4.98 Å². The normalized spacial score (nSPS) is 13.4. The molecular formula is C19H19N5. The summed E-state index contributed by atoms with van der Waals surface area (Å²) in [4.78, 5) is 15.6. The van der Waals surface area contributed by atoms with Gasteiger partial charge in [-0.05, 0) is 35.7 Å². The Morgan fingerprint density at radius 2 is 1.79 bits per heavy atom. The van der Waals surface area contributed by atoms with E-state index in [1.54, 1.807) is 6.20 Å². The van der Waals surface area contributed by atoms with E-state index in [1.165, 1.54) is 11.1 Å². The van der Waals surface area contributed by atoms with Gasteiger partial charge in [-0.25, -0.2) is 4.98 Å². The third-order valence-electron chi connectivity index (χ3n) is 4.25. The average molecular weight is 317 g/mol. The van der Waals surface area contributed by atoms with Crippen molar-refractivity contribution in [2.45, 2.75) is 19.5 Å². The first kappa shape index (κ1) is 14.6. The number of nitrogens with one attached hydrogen (secondary N) is 1. The molecule has 0 spiro atoms. The van der Waals surface area contributed by atoms with Gasteiger partial charge in [-0.3, -0.25) is 4.98 Å². The van der Waals surface area contributed by atoms with Gasteiger partial charge in [-0.1, -0.05) is 30.3 Å². The molecule has 0 fully saturated rings. The fraction of sp³-hybridized carbons (Fsp3) is 0.211. The Kier molecular flexibility index (Phi) is 4.06. The number of fused-ring (bicyclic) bond motifs is 1. The van der Waals surface area contributed by atoms with Crippen LogP contribution in [0.5, 0.6) is 0 Å². The summed E-state index contributed by atoms with van der Waals surface area (Å²) in [6.45, 7) is 2.49. The molecule has 5 heteroatoms. The number of nitrogens with zero attached hydrogens (tertiary/aromatic N) is 4. The lowest BCUT2D eigenvalue weighted by molar-refractivity contribution is 0.719. The minimum Gasteiger partial charge on any atom is -0.352 e. The zero-order valence-corrected chi connectivity index (χ0v) is 13.4. The molecule has 3 heterocycles. The fourth-order valence-electron chi connectivity index (χ4n) is 2.97. The van der Waals surface area contributed by atoms with Gasteiger partial charge in [0.05, 0.1) is 12.2 Å². The molecule has 1 aliphatic heterocycles. The van der Waals surface area contributed by atoms with Crippen LogP contribution in [-0.4, -0.2) is 21.5 Å². The van der Waals surface area contributed by atoms with E-state index in [2.05, 4.69) is 49.4 Å². The fourth-order valence-corrected chi connectivity index (χ4v) is 2.97. The van der Waals surface area contributed by atoms with Crippen LogP contribution in [0.2, 0.25) is 0 Å². The van der Waals surface area contributed by atoms with Gasteiger partial charge in [0.25, 0.3) is 0 Å². The second-order valence-electron chi connectivity index (χ2n) is 5.85. The van der Waals surface area contributed by atoms with Crippen LogP contribution >= 0.6 is 0 Å². The van der Waals surface area contributed by atoms with E-state index < -0.39 is 0 Å². The highest BCUT2D eigenvalue weighted by molar-refractivity contribution is 5.46. The van der Waals surface area contributed by atoms with E-state index in [1.807, 2.05) is 30.5 Å². The minimum absolute atomic E-state index is 0.618. The Bertz CT molecular complexity index is 819. The molecule has 2 aromatic heterocycles. The van der Waals surface area contributed by atoms with Crippen molar-refractivity contribution in [2.75, 3.05) is 16.8 Å². The minimum atomic E-state index is 0.618. The first-order valence-corrected chi connectivity index (χ1v) is 8.17. The summed E-state index contributed by atoms with van der Waals surface area (Å²) in [5, 5.41) is 3.25. The summed E-state index contributed by atoms with van der Waals surface area (Å²) in [7, 11) is 0. The summed E-state index contributed by atoms with van der Waals surface area (Å²) in [5.74, 6) is 1.60. The van der Waals surface area contributed by atoms with Gasteiger partial charge in [0, 0.05) is 25.5 Å². The van der Waals surface area contributed by atoms with Crippen LogP contribution < -0.4 is 10.2 Å². The molecule has 0 unspecified atom stereocenters. The van der Waals surface area contributed by atoms with Gasteiger partial charge < -0.3 is 10.2 Å². The number of pyridine rings is 1. The van der Waals surface area contributed by atoms with Crippen molar-refractivity contribution in [3.63, 3.8) is 0 Å². The SMILES string of the molecule is c1ccc(CNc2nccc(N3CCc4ccccc4C3)n2)nc1. The first-order valence-electron chi connectivity index (χ1n) is 8.17. The lowest BCUT2D eigenvalue weighted by Crippen LogP contribution is -2.31. The molecule has 0 saturated carbocycles. The zero-order chi connectivity index (χ0) is 16.2. The third kappa shape index (κ3) is 3.20. The van der Waals surface area contributed by atoms with E-state index >= 15 is 0 Å². The second-order valence-corrected chi connectivity index (χ2v) is 5.85. The predicted octanol–water partition coefficient (Wildman–Crippen LogP) is 3.05. The molecule has 0 aliphatic carbocycles. The summed E-state index contributed by atoms with van der Waals surface area (Å²) >= 11 is 0. The van der Waals surface area contributed by atoms with Gasteiger partial charge in [0.15, 0.2) is 0 Å². The van der Waals surface area contributed by atoms with E-state index in [0.717, 1.165) is 31.0 Å². The standard InChI is InChI=1S/C19H19N5/c1-2-6-16-14-24(12-9-15(16)5-1)18-8-11-21-19(23-18)22-13-17-7-3-4-10-20-17/h1-8,10-11H,9,12-14H2,(H,21,22,23). The molecule has 0 bridgehead atoms. The van der Waals surface area contributed by atoms with Crippen LogP contribution in [0.4, 0.5) is 11.8 Å². The molecule has 0 atom stereocenters. The molecule has 4 rings (SSSR count). The Morgan fingerprint density at radius 1 is 0.917 bits per heavy atom. The smallest absolute Gasteiger partial charge is 0.224 e. The van der Waals surface area contributed by atoms with Crippen LogP contribution in [0.3, 0.4) is 0 Å². The summed E-state index contributed by atoms with van der Waals surface area (Å²) in [6.07, 6.45) is 4.65. The van der Waals surface area contributed by atoms with Crippen LogP contribution in [0.1, 0.15) is 16.8 Å². The van der Waals surface area contributed by atoms with Crippen molar-refractivity contribution in [1.82, 2.24) is 15.0 Å². The summed E-state index contributed by atoms with van der Waals surface area (Å²) < 4.78 is 0. The maximum absolute atomic E-state index is 4.66. The van der Waals surface area contributed by atoms with Crippen molar-refractivity contribution >= 4 is 11.8 Å². The molecular weight excluding hydrogens is 298 g/mol. The van der Waals surface area contributed by atoms with Crippen molar-refractivity contribution in [2.24, 2.45) is 0 Å². The molecule has 0 radical (unpaired) electrons. The molecule has 3 aromatic rings. The van der Waals surface area contributed by atoms with E-state index in [9.17, 15) is 0 Å². The molecule has 24 heavy (non-hydrogen) atoms.